The van der Waals surface area contributed by atoms with Crippen LogP contribution >= 0.6 is 22.9 Å². The molecule has 0 unspecified atom stereocenters. The number of carboxylic acid groups (broad SMARTS) is 1. The summed E-state index contributed by atoms with van der Waals surface area (Å²) in [6, 6.07) is 6.95. The quantitative estimate of drug-likeness (QED) is 0.834. The summed E-state index contributed by atoms with van der Waals surface area (Å²) in [6.07, 6.45) is 2.40. The van der Waals surface area contributed by atoms with Crippen LogP contribution in [-0.4, -0.2) is 17.0 Å². The number of hydrogen-bond donors (Lipinski definition) is 2. The topological polar surface area (TPSA) is 66.4 Å². The van der Waals surface area contributed by atoms with E-state index in [1.165, 1.54) is 17.4 Å². The lowest BCUT2D eigenvalue weighted by atomic mass is 10.2. The normalized spacial score (nSPS) is 10.8. The number of rotatable bonds is 4. The number of carbonyl (C=O) groups excluding carboxylic acids is 1. The van der Waals surface area contributed by atoms with Crippen molar-refractivity contribution >= 4 is 46.6 Å². The maximum Gasteiger partial charge on any atom is 0.328 e. The van der Waals surface area contributed by atoms with Crippen LogP contribution in [0.25, 0.3) is 6.08 Å². The van der Waals surface area contributed by atoms with Gasteiger partial charge in [0.15, 0.2) is 0 Å². The van der Waals surface area contributed by atoms with Gasteiger partial charge in [-0.15, -0.1) is 11.3 Å². The number of halogens is 1. The molecule has 2 rings (SSSR count). The van der Waals surface area contributed by atoms with E-state index in [0.29, 0.717) is 21.2 Å². The minimum absolute atomic E-state index is 0.296. The van der Waals surface area contributed by atoms with Gasteiger partial charge in [-0.1, -0.05) is 17.7 Å². The Bertz CT molecular complexity index is 721. The van der Waals surface area contributed by atoms with Crippen molar-refractivity contribution in [1.29, 1.82) is 0 Å². The lowest BCUT2D eigenvalue weighted by molar-refractivity contribution is -0.131. The first kappa shape index (κ1) is 15.3. The molecule has 0 bridgehead atoms. The number of benzene rings is 1. The maximum atomic E-state index is 12.2. The summed E-state index contributed by atoms with van der Waals surface area (Å²) in [4.78, 5) is 23.2. The summed E-state index contributed by atoms with van der Waals surface area (Å²) in [5, 5.41) is 13.7. The average Bonchev–Trinajstić information content (AvgIpc) is 2.89. The molecule has 108 valence electrons. The van der Waals surface area contributed by atoms with Gasteiger partial charge in [-0.3, -0.25) is 4.79 Å². The molecule has 0 aliphatic rings. The Morgan fingerprint density at radius 3 is 2.76 bits per heavy atom. The van der Waals surface area contributed by atoms with Gasteiger partial charge in [-0.2, -0.15) is 0 Å². The third kappa shape index (κ3) is 3.93. The van der Waals surface area contributed by atoms with Crippen molar-refractivity contribution in [2.75, 3.05) is 5.32 Å². The second kappa shape index (κ2) is 6.56. The number of aryl methyl sites for hydroxylation is 1. The molecule has 6 heteroatoms. The SMILES string of the molecule is Cc1ccc(NC(=O)c2sccc2C=CC(=O)O)cc1Cl. The van der Waals surface area contributed by atoms with Gasteiger partial charge in [0, 0.05) is 16.8 Å². The number of carbonyl (C=O) groups is 2. The summed E-state index contributed by atoms with van der Waals surface area (Å²) in [5.41, 5.74) is 2.09. The minimum atomic E-state index is -1.06. The number of nitrogens with one attached hydrogen (secondary N) is 1. The molecule has 0 atom stereocenters. The molecule has 2 aromatic rings. The molecule has 0 saturated carbocycles. The monoisotopic (exact) mass is 321 g/mol. The number of hydrogen-bond acceptors (Lipinski definition) is 3. The fourth-order valence-corrected chi connectivity index (χ4v) is 2.62. The fourth-order valence-electron chi connectivity index (χ4n) is 1.65. The van der Waals surface area contributed by atoms with Crippen LogP contribution in [0, 0.1) is 6.92 Å². The number of amides is 1. The second-order valence-electron chi connectivity index (χ2n) is 4.29. The van der Waals surface area contributed by atoms with Crippen LogP contribution in [0.3, 0.4) is 0 Å². The van der Waals surface area contributed by atoms with Crippen LogP contribution in [-0.2, 0) is 4.79 Å². The molecule has 1 amide bonds. The number of thiophene rings is 1. The van der Waals surface area contributed by atoms with Crippen molar-refractivity contribution in [2.45, 2.75) is 6.92 Å². The summed E-state index contributed by atoms with van der Waals surface area (Å²) in [7, 11) is 0. The van der Waals surface area contributed by atoms with Gasteiger partial charge in [0.2, 0.25) is 0 Å². The summed E-state index contributed by atoms with van der Waals surface area (Å²) in [6.45, 7) is 1.88. The summed E-state index contributed by atoms with van der Waals surface area (Å²) < 4.78 is 0. The molecular formula is C15H12ClNO3S. The Labute approximate surface area is 130 Å². The zero-order valence-corrected chi connectivity index (χ0v) is 12.7. The number of carboxylic acids is 1. The highest BCUT2D eigenvalue weighted by Crippen LogP contribution is 2.23. The van der Waals surface area contributed by atoms with Crippen LogP contribution in [0.5, 0.6) is 0 Å². The lowest BCUT2D eigenvalue weighted by Crippen LogP contribution is -2.11. The van der Waals surface area contributed by atoms with Crippen molar-refractivity contribution in [3.05, 3.63) is 56.7 Å². The maximum absolute atomic E-state index is 12.2. The average molecular weight is 322 g/mol. The molecule has 0 saturated heterocycles. The van der Waals surface area contributed by atoms with E-state index in [-0.39, 0.29) is 5.91 Å². The zero-order valence-electron chi connectivity index (χ0n) is 11.1. The smallest absolute Gasteiger partial charge is 0.328 e. The van der Waals surface area contributed by atoms with Crippen LogP contribution < -0.4 is 5.32 Å². The first-order valence-corrected chi connectivity index (χ1v) is 7.29. The molecule has 1 heterocycles. The lowest BCUT2D eigenvalue weighted by Gasteiger charge is -2.06. The van der Waals surface area contributed by atoms with Gasteiger partial charge in [0.25, 0.3) is 5.91 Å². The van der Waals surface area contributed by atoms with Crippen molar-refractivity contribution in [3.63, 3.8) is 0 Å². The molecular weight excluding hydrogens is 310 g/mol. The van der Waals surface area contributed by atoms with Crippen molar-refractivity contribution < 1.29 is 14.7 Å². The first-order valence-electron chi connectivity index (χ1n) is 6.03. The van der Waals surface area contributed by atoms with E-state index < -0.39 is 5.97 Å². The summed E-state index contributed by atoms with van der Waals surface area (Å²) in [5.74, 6) is -1.35. The molecule has 0 fully saturated rings. The Kier molecular flexibility index (Phi) is 4.77. The van der Waals surface area contributed by atoms with Gasteiger partial charge < -0.3 is 10.4 Å². The van der Waals surface area contributed by atoms with Gasteiger partial charge in [0.1, 0.15) is 0 Å². The van der Waals surface area contributed by atoms with Gasteiger partial charge >= 0.3 is 5.97 Å². The third-order valence-corrected chi connectivity index (χ3v) is 4.07. The Balaban J connectivity index is 2.19. The number of anilines is 1. The highest BCUT2D eigenvalue weighted by atomic mass is 35.5. The zero-order chi connectivity index (χ0) is 15.4. The van der Waals surface area contributed by atoms with E-state index in [9.17, 15) is 9.59 Å². The Morgan fingerprint density at radius 1 is 1.33 bits per heavy atom. The standard InChI is InChI=1S/C15H12ClNO3S/c1-9-2-4-11(8-12(9)16)17-15(20)14-10(6-7-21-14)3-5-13(18)19/h2-8H,1H3,(H,17,20)(H,18,19). The molecule has 0 aliphatic carbocycles. The summed E-state index contributed by atoms with van der Waals surface area (Å²) >= 11 is 7.26. The molecule has 0 aliphatic heterocycles. The minimum Gasteiger partial charge on any atom is -0.478 e. The molecule has 1 aromatic heterocycles. The fraction of sp³-hybridized carbons (Fsp3) is 0.0667. The largest absolute Gasteiger partial charge is 0.478 e. The first-order chi connectivity index (χ1) is 9.97. The van der Waals surface area contributed by atoms with E-state index >= 15 is 0 Å². The molecule has 1 aromatic carbocycles. The number of aliphatic carboxylic acids is 1. The molecule has 0 radical (unpaired) electrons. The van der Waals surface area contributed by atoms with Crippen LogP contribution in [0.4, 0.5) is 5.69 Å². The van der Waals surface area contributed by atoms with Crippen molar-refractivity contribution in [2.24, 2.45) is 0 Å². The van der Waals surface area contributed by atoms with E-state index in [4.69, 9.17) is 16.7 Å². The van der Waals surface area contributed by atoms with Crippen molar-refractivity contribution in [3.8, 4) is 0 Å². The Morgan fingerprint density at radius 2 is 2.10 bits per heavy atom. The second-order valence-corrected chi connectivity index (χ2v) is 5.62. The van der Waals surface area contributed by atoms with Crippen LogP contribution in [0.2, 0.25) is 5.02 Å². The highest BCUT2D eigenvalue weighted by Gasteiger charge is 2.12. The van der Waals surface area contributed by atoms with E-state index in [2.05, 4.69) is 5.32 Å². The van der Waals surface area contributed by atoms with Gasteiger partial charge in [-0.05, 0) is 47.7 Å². The van der Waals surface area contributed by atoms with E-state index in [0.717, 1.165) is 11.6 Å². The van der Waals surface area contributed by atoms with Gasteiger partial charge in [0.05, 0.1) is 4.88 Å². The predicted molar refractivity (Wildman–Crippen MR) is 85.1 cm³/mol. The van der Waals surface area contributed by atoms with E-state index in [1.54, 1.807) is 23.6 Å². The highest BCUT2D eigenvalue weighted by molar-refractivity contribution is 7.12. The Hall–Kier alpha value is -2.11. The third-order valence-electron chi connectivity index (χ3n) is 2.74. The molecule has 4 nitrogen and oxygen atoms in total. The van der Waals surface area contributed by atoms with Crippen LogP contribution in [0.1, 0.15) is 20.8 Å². The van der Waals surface area contributed by atoms with Gasteiger partial charge in [-0.25, -0.2) is 4.79 Å². The molecule has 0 spiro atoms. The molecule has 2 N–H and O–H groups in total. The predicted octanol–water partition coefficient (Wildman–Crippen LogP) is 4.06. The van der Waals surface area contributed by atoms with E-state index in [1.807, 2.05) is 13.0 Å². The van der Waals surface area contributed by atoms with Crippen LogP contribution in [0.15, 0.2) is 35.7 Å². The molecule has 21 heavy (non-hydrogen) atoms. The van der Waals surface area contributed by atoms with Crippen molar-refractivity contribution in [1.82, 2.24) is 0 Å².